The number of fused-ring (bicyclic) bond motifs is 7. The van der Waals surface area contributed by atoms with Crippen LogP contribution in [-0.2, 0) is 7.05 Å². The summed E-state index contributed by atoms with van der Waals surface area (Å²) >= 11 is 0. The second kappa shape index (κ2) is 6.30. The molecule has 2 heteroatoms. The molecular formula is C32H31N2+. The van der Waals surface area contributed by atoms with E-state index in [9.17, 15) is 0 Å². The van der Waals surface area contributed by atoms with Crippen molar-refractivity contribution in [2.75, 3.05) is 0 Å². The number of benzene rings is 3. The minimum atomic E-state index is 0.733. The highest BCUT2D eigenvalue weighted by Gasteiger charge is 2.40. The van der Waals surface area contributed by atoms with Crippen molar-refractivity contribution in [2.24, 2.45) is 18.9 Å². The maximum atomic E-state index is 2.62. The van der Waals surface area contributed by atoms with Crippen molar-refractivity contribution in [3.05, 3.63) is 70.9 Å². The molecule has 3 unspecified atom stereocenters. The number of hydrogen-bond acceptors (Lipinski definition) is 0. The van der Waals surface area contributed by atoms with Crippen LogP contribution in [0.15, 0.2) is 48.7 Å². The summed E-state index contributed by atoms with van der Waals surface area (Å²) in [5.74, 6) is 2.58. The molecule has 8 rings (SSSR count). The van der Waals surface area contributed by atoms with E-state index >= 15 is 0 Å². The number of aromatic nitrogens is 2. The van der Waals surface area contributed by atoms with Gasteiger partial charge in [-0.05, 0) is 104 Å². The predicted molar refractivity (Wildman–Crippen MR) is 142 cm³/mol. The molecule has 2 nitrogen and oxygen atoms in total. The van der Waals surface area contributed by atoms with Gasteiger partial charge >= 0.3 is 0 Å². The number of rotatable bonds is 1. The van der Waals surface area contributed by atoms with Crippen molar-refractivity contribution in [1.29, 1.82) is 0 Å². The number of aryl methyl sites for hydroxylation is 4. The molecule has 3 aromatic carbocycles. The highest BCUT2D eigenvalue weighted by Crippen LogP contribution is 2.54. The van der Waals surface area contributed by atoms with Crippen LogP contribution in [0, 0.1) is 32.6 Å². The van der Waals surface area contributed by atoms with E-state index in [0.717, 1.165) is 17.8 Å². The zero-order valence-corrected chi connectivity index (χ0v) is 20.6. The molecule has 0 saturated heterocycles. The SMILES string of the molecule is Cc1cc2c3c(C)cccc3n3c4cc(C5CC6CCC5C6)cc5cc[n+](C)c(c(c1C)c23)c54. The largest absolute Gasteiger partial charge is 0.307 e. The molecule has 2 saturated carbocycles. The van der Waals surface area contributed by atoms with Gasteiger partial charge in [0.15, 0.2) is 6.20 Å². The van der Waals surface area contributed by atoms with Gasteiger partial charge in [-0.3, -0.25) is 0 Å². The van der Waals surface area contributed by atoms with E-state index in [4.69, 9.17) is 0 Å². The van der Waals surface area contributed by atoms with Crippen molar-refractivity contribution < 1.29 is 4.57 Å². The van der Waals surface area contributed by atoms with Gasteiger partial charge in [0.25, 0.3) is 0 Å². The summed E-state index contributed by atoms with van der Waals surface area (Å²) in [4.78, 5) is 0. The van der Waals surface area contributed by atoms with E-state index in [1.54, 1.807) is 5.56 Å². The van der Waals surface area contributed by atoms with E-state index in [1.165, 1.54) is 91.4 Å². The molecule has 3 atom stereocenters. The minimum absolute atomic E-state index is 0.733. The van der Waals surface area contributed by atoms with Gasteiger partial charge in [-0.2, -0.15) is 0 Å². The molecule has 0 spiro atoms. The van der Waals surface area contributed by atoms with Crippen molar-refractivity contribution in [3.8, 4) is 0 Å². The minimum Gasteiger partial charge on any atom is -0.307 e. The second-order valence-corrected chi connectivity index (χ2v) is 11.5. The highest BCUT2D eigenvalue weighted by molar-refractivity contribution is 6.26. The first-order valence-electron chi connectivity index (χ1n) is 13.0. The predicted octanol–water partition coefficient (Wildman–Crippen LogP) is 7.64. The maximum Gasteiger partial charge on any atom is 0.224 e. The molecule has 2 bridgehead atoms. The Morgan fingerprint density at radius 2 is 1.74 bits per heavy atom. The van der Waals surface area contributed by atoms with Crippen molar-refractivity contribution in [1.82, 2.24) is 4.40 Å². The lowest BCUT2D eigenvalue weighted by molar-refractivity contribution is -0.643. The third kappa shape index (κ3) is 2.20. The Morgan fingerprint density at radius 3 is 2.53 bits per heavy atom. The Hall–Kier alpha value is -3.13. The maximum absolute atomic E-state index is 2.62. The average Bonchev–Trinajstić information content (AvgIpc) is 3.54. The van der Waals surface area contributed by atoms with Crippen LogP contribution in [0.5, 0.6) is 0 Å². The van der Waals surface area contributed by atoms with Gasteiger partial charge in [-0.25, -0.2) is 4.57 Å². The average molecular weight is 444 g/mol. The standard InChI is InChI=1S/C32H31N2/c1-17-6-5-7-26-28(17)25-12-18(2)19(3)29-31(25)34(26)27-16-23(24-14-20-8-9-21(24)13-20)15-22-10-11-33(4)32(29)30(22)27/h5-7,10-12,15-16,20-21,24H,8-9,13-14H2,1-4H3/q+1. The second-order valence-electron chi connectivity index (χ2n) is 11.5. The van der Waals surface area contributed by atoms with Crippen molar-refractivity contribution >= 4 is 49.0 Å². The summed E-state index contributed by atoms with van der Waals surface area (Å²) in [6, 6.07) is 16.7. The summed E-state index contributed by atoms with van der Waals surface area (Å²) in [5, 5.41) is 7.05. The molecular weight excluding hydrogens is 412 g/mol. The fraction of sp³-hybridized carbons (Fsp3) is 0.344. The van der Waals surface area contributed by atoms with Gasteiger partial charge in [0.05, 0.1) is 27.3 Å². The van der Waals surface area contributed by atoms with Crippen LogP contribution in [0.2, 0.25) is 0 Å². The fourth-order valence-corrected chi connectivity index (χ4v) is 8.02. The number of nitrogens with zero attached hydrogens (tertiary/aromatic N) is 2. The lowest BCUT2D eigenvalue weighted by Crippen LogP contribution is -2.29. The smallest absolute Gasteiger partial charge is 0.224 e. The van der Waals surface area contributed by atoms with E-state index in [-0.39, 0.29) is 0 Å². The Labute approximate surface area is 200 Å². The zero-order valence-electron chi connectivity index (χ0n) is 20.6. The first-order valence-corrected chi connectivity index (χ1v) is 13.0. The van der Waals surface area contributed by atoms with E-state index < -0.39 is 0 Å². The third-order valence-electron chi connectivity index (χ3n) is 9.69. The molecule has 34 heavy (non-hydrogen) atoms. The van der Waals surface area contributed by atoms with Gasteiger partial charge in [0.2, 0.25) is 5.52 Å². The molecule has 3 heterocycles. The van der Waals surface area contributed by atoms with E-state index in [0.29, 0.717) is 0 Å². The monoisotopic (exact) mass is 443 g/mol. The van der Waals surface area contributed by atoms with E-state index in [1.807, 2.05) is 0 Å². The molecule has 0 N–H and O–H groups in total. The first-order chi connectivity index (χ1) is 16.5. The van der Waals surface area contributed by atoms with Crippen LogP contribution >= 0.6 is 0 Å². The van der Waals surface area contributed by atoms with E-state index in [2.05, 4.69) is 85.4 Å². The molecule has 2 fully saturated rings. The molecule has 2 aliphatic rings. The first kappa shape index (κ1) is 19.2. The topological polar surface area (TPSA) is 8.29 Å². The molecule has 3 aromatic heterocycles. The lowest BCUT2D eigenvalue weighted by atomic mass is 9.82. The van der Waals surface area contributed by atoms with Gasteiger partial charge < -0.3 is 4.40 Å². The highest BCUT2D eigenvalue weighted by atomic mass is 15.0. The Kier molecular flexibility index (Phi) is 3.56. The number of pyridine rings is 2. The summed E-state index contributed by atoms with van der Waals surface area (Å²) in [6.07, 6.45) is 8.00. The summed E-state index contributed by atoms with van der Waals surface area (Å²) in [7, 11) is 2.22. The summed E-state index contributed by atoms with van der Waals surface area (Å²) in [5.41, 5.74) is 11.2. The van der Waals surface area contributed by atoms with Crippen LogP contribution in [-0.4, -0.2) is 4.40 Å². The Balaban J connectivity index is 1.66. The molecule has 168 valence electrons. The third-order valence-corrected chi connectivity index (χ3v) is 9.69. The Morgan fingerprint density at radius 1 is 0.853 bits per heavy atom. The van der Waals surface area contributed by atoms with Crippen LogP contribution in [0.1, 0.15) is 53.9 Å². The van der Waals surface area contributed by atoms with Crippen LogP contribution in [0.3, 0.4) is 0 Å². The lowest BCUT2D eigenvalue weighted by Gasteiger charge is -2.23. The van der Waals surface area contributed by atoms with Gasteiger partial charge in [-0.1, -0.05) is 24.6 Å². The number of hydrogen-bond donors (Lipinski definition) is 0. The fourth-order valence-electron chi connectivity index (χ4n) is 8.02. The molecule has 0 radical (unpaired) electrons. The Bertz CT molecular complexity index is 1820. The van der Waals surface area contributed by atoms with Gasteiger partial charge in [0.1, 0.15) is 7.05 Å². The van der Waals surface area contributed by atoms with Crippen molar-refractivity contribution in [2.45, 2.75) is 52.4 Å². The van der Waals surface area contributed by atoms with Crippen LogP contribution in [0.25, 0.3) is 49.0 Å². The van der Waals surface area contributed by atoms with Crippen LogP contribution < -0.4 is 4.57 Å². The van der Waals surface area contributed by atoms with Crippen molar-refractivity contribution in [3.63, 3.8) is 0 Å². The van der Waals surface area contributed by atoms with Gasteiger partial charge in [0, 0.05) is 16.8 Å². The summed E-state index contributed by atoms with van der Waals surface area (Å²) < 4.78 is 4.98. The van der Waals surface area contributed by atoms with Crippen LogP contribution in [0.4, 0.5) is 0 Å². The summed E-state index contributed by atoms with van der Waals surface area (Å²) in [6.45, 7) is 6.86. The molecule has 2 aliphatic carbocycles. The molecule has 0 aliphatic heterocycles. The molecule has 6 aromatic rings. The normalized spacial score (nSPS) is 22.5. The molecule has 0 amide bonds. The quantitative estimate of drug-likeness (QED) is 0.140. The zero-order chi connectivity index (χ0) is 22.9. The van der Waals surface area contributed by atoms with Gasteiger partial charge in [-0.15, -0.1) is 0 Å².